The van der Waals surface area contributed by atoms with E-state index >= 15 is 0 Å². The maximum absolute atomic E-state index is 12.0. The summed E-state index contributed by atoms with van der Waals surface area (Å²) >= 11 is 6.49. The van der Waals surface area contributed by atoms with Crippen molar-refractivity contribution in [3.63, 3.8) is 0 Å². The van der Waals surface area contributed by atoms with E-state index in [1.54, 1.807) is 19.1 Å². The van der Waals surface area contributed by atoms with Gasteiger partial charge in [-0.15, -0.1) is 12.3 Å². The third-order valence-electron chi connectivity index (χ3n) is 1.96. The molecule has 0 radical (unpaired) electrons. The molecule has 0 aliphatic heterocycles. The van der Waals surface area contributed by atoms with Gasteiger partial charge in [-0.3, -0.25) is 0 Å². The summed E-state index contributed by atoms with van der Waals surface area (Å²) in [7, 11) is -3.54. The van der Waals surface area contributed by atoms with E-state index in [-0.39, 0.29) is 10.9 Å². The number of terminal acetylenes is 1. The molecule has 0 spiro atoms. The molecule has 0 fully saturated rings. The van der Waals surface area contributed by atoms with Crippen molar-refractivity contribution in [2.45, 2.75) is 24.3 Å². The molecular formula is C11H11Br2NO2S. The fraction of sp³-hybridized carbons (Fsp3) is 0.273. The minimum absolute atomic E-state index is 0.199. The van der Waals surface area contributed by atoms with E-state index in [4.69, 9.17) is 6.42 Å². The number of benzene rings is 1. The molecular weight excluding hydrogens is 370 g/mol. The van der Waals surface area contributed by atoms with Gasteiger partial charge in [-0.1, -0.05) is 15.9 Å². The highest BCUT2D eigenvalue weighted by atomic mass is 79.9. The largest absolute Gasteiger partial charge is 0.241 e. The average molecular weight is 381 g/mol. The van der Waals surface area contributed by atoms with Crippen LogP contribution in [0.5, 0.6) is 0 Å². The lowest BCUT2D eigenvalue weighted by Crippen LogP contribution is -2.32. The Hall–Kier alpha value is -0.350. The minimum atomic E-state index is -3.54. The Morgan fingerprint density at radius 2 is 2.12 bits per heavy atom. The van der Waals surface area contributed by atoms with Gasteiger partial charge < -0.3 is 0 Å². The summed E-state index contributed by atoms with van der Waals surface area (Å²) in [4.78, 5) is 0.199. The molecule has 0 aliphatic carbocycles. The molecule has 1 aromatic rings. The van der Waals surface area contributed by atoms with Gasteiger partial charge in [0.25, 0.3) is 0 Å². The van der Waals surface area contributed by atoms with E-state index in [1.165, 1.54) is 6.07 Å². The molecule has 0 heterocycles. The topological polar surface area (TPSA) is 46.2 Å². The van der Waals surface area contributed by atoms with Crippen LogP contribution < -0.4 is 4.72 Å². The molecule has 0 aliphatic rings. The molecule has 1 aromatic carbocycles. The number of nitrogens with one attached hydrogen (secondary N) is 1. The molecule has 3 nitrogen and oxygen atoms in total. The first-order chi connectivity index (χ1) is 7.86. The Bertz CT molecular complexity index is 549. The van der Waals surface area contributed by atoms with Gasteiger partial charge in [-0.2, -0.15) is 0 Å². The highest BCUT2D eigenvalue weighted by Gasteiger charge is 2.19. The molecule has 0 aromatic heterocycles. The van der Waals surface area contributed by atoms with Crippen LogP contribution in [0.3, 0.4) is 0 Å². The first-order valence-corrected chi connectivity index (χ1v) is 7.84. The third-order valence-corrected chi connectivity index (χ3v) is 5.02. The number of hydrogen-bond donors (Lipinski definition) is 1. The number of hydrogen-bond acceptors (Lipinski definition) is 2. The zero-order valence-corrected chi connectivity index (χ0v) is 13.1. The van der Waals surface area contributed by atoms with Crippen molar-refractivity contribution in [1.29, 1.82) is 0 Å². The van der Waals surface area contributed by atoms with E-state index in [2.05, 4.69) is 42.5 Å². The van der Waals surface area contributed by atoms with Gasteiger partial charge in [0.2, 0.25) is 10.0 Å². The molecule has 1 unspecified atom stereocenters. The number of rotatable bonds is 4. The van der Waals surface area contributed by atoms with Crippen LogP contribution >= 0.6 is 31.9 Å². The van der Waals surface area contributed by atoms with Gasteiger partial charge >= 0.3 is 0 Å². The Kier molecular flexibility index (Phi) is 5.20. The second-order valence-corrected chi connectivity index (χ2v) is 6.96. The van der Waals surface area contributed by atoms with Crippen LogP contribution in [0.2, 0.25) is 0 Å². The quantitative estimate of drug-likeness (QED) is 0.816. The molecule has 1 rings (SSSR count). The van der Waals surface area contributed by atoms with Gasteiger partial charge in [0.1, 0.15) is 0 Å². The van der Waals surface area contributed by atoms with Crippen molar-refractivity contribution in [1.82, 2.24) is 4.72 Å². The molecule has 17 heavy (non-hydrogen) atoms. The summed E-state index contributed by atoms with van der Waals surface area (Å²) in [6.45, 7) is 1.73. The van der Waals surface area contributed by atoms with Crippen LogP contribution in [0.1, 0.15) is 13.3 Å². The van der Waals surface area contributed by atoms with Crippen LogP contribution in [0, 0.1) is 12.3 Å². The SMILES string of the molecule is C#CCC(C)NS(=O)(=O)c1ccc(Br)cc1Br. The molecule has 6 heteroatoms. The first kappa shape index (κ1) is 14.7. The molecule has 92 valence electrons. The van der Waals surface area contributed by atoms with Crippen LogP contribution in [-0.2, 0) is 10.0 Å². The fourth-order valence-corrected chi connectivity index (χ4v) is 4.23. The van der Waals surface area contributed by atoms with E-state index < -0.39 is 10.0 Å². The maximum Gasteiger partial charge on any atom is 0.241 e. The van der Waals surface area contributed by atoms with Crippen LogP contribution in [0.25, 0.3) is 0 Å². The highest BCUT2D eigenvalue weighted by molar-refractivity contribution is 9.11. The fourth-order valence-electron chi connectivity index (χ4n) is 1.24. The van der Waals surface area contributed by atoms with E-state index in [1.807, 2.05) is 0 Å². The smallest absolute Gasteiger partial charge is 0.207 e. The molecule has 0 saturated heterocycles. The second kappa shape index (κ2) is 6.01. The minimum Gasteiger partial charge on any atom is -0.207 e. The third kappa shape index (κ3) is 4.11. The maximum atomic E-state index is 12.0. The van der Waals surface area contributed by atoms with Gasteiger partial charge in [-0.05, 0) is 41.1 Å². The van der Waals surface area contributed by atoms with E-state index in [9.17, 15) is 8.42 Å². The van der Waals surface area contributed by atoms with Crippen LogP contribution in [-0.4, -0.2) is 14.5 Å². The van der Waals surface area contributed by atoms with Crippen LogP contribution in [0.15, 0.2) is 32.0 Å². The summed E-state index contributed by atoms with van der Waals surface area (Å²) in [5.74, 6) is 2.42. The monoisotopic (exact) mass is 379 g/mol. The predicted molar refractivity (Wildman–Crippen MR) is 75.1 cm³/mol. The summed E-state index contributed by atoms with van der Waals surface area (Å²) in [5.41, 5.74) is 0. The van der Waals surface area contributed by atoms with Crippen molar-refractivity contribution >= 4 is 41.9 Å². The Morgan fingerprint density at radius 3 is 2.65 bits per heavy atom. The van der Waals surface area contributed by atoms with Crippen molar-refractivity contribution in [2.24, 2.45) is 0 Å². The Labute approximate surface area is 118 Å². The molecule has 1 N–H and O–H groups in total. The summed E-state index contributed by atoms with van der Waals surface area (Å²) < 4.78 is 27.9. The van der Waals surface area contributed by atoms with Gasteiger partial charge in [0.15, 0.2) is 0 Å². The normalized spacial score (nSPS) is 13.1. The molecule has 0 saturated carbocycles. The zero-order chi connectivity index (χ0) is 13.1. The Balaban J connectivity index is 3.02. The summed E-state index contributed by atoms with van der Waals surface area (Å²) in [6.07, 6.45) is 5.49. The van der Waals surface area contributed by atoms with Crippen molar-refractivity contribution in [2.75, 3.05) is 0 Å². The van der Waals surface area contributed by atoms with E-state index in [0.29, 0.717) is 10.9 Å². The lowest BCUT2D eigenvalue weighted by Gasteiger charge is -2.12. The number of sulfonamides is 1. The van der Waals surface area contributed by atoms with Gasteiger partial charge in [0, 0.05) is 21.4 Å². The molecule has 0 bridgehead atoms. The lowest BCUT2D eigenvalue weighted by molar-refractivity contribution is 0.563. The van der Waals surface area contributed by atoms with Crippen molar-refractivity contribution in [3.8, 4) is 12.3 Å². The molecule has 1 atom stereocenters. The second-order valence-electron chi connectivity index (χ2n) is 3.51. The van der Waals surface area contributed by atoms with E-state index in [0.717, 1.165) is 4.47 Å². The first-order valence-electron chi connectivity index (χ1n) is 4.77. The molecule has 0 amide bonds. The van der Waals surface area contributed by atoms with Crippen LogP contribution in [0.4, 0.5) is 0 Å². The van der Waals surface area contributed by atoms with Gasteiger partial charge in [0.05, 0.1) is 4.90 Å². The highest BCUT2D eigenvalue weighted by Crippen LogP contribution is 2.25. The van der Waals surface area contributed by atoms with Crippen molar-refractivity contribution in [3.05, 3.63) is 27.1 Å². The average Bonchev–Trinajstić information content (AvgIpc) is 2.15. The number of halogens is 2. The van der Waals surface area contributed by atoms with Gasteiger partial charge in [-0.25, -0.2) is 13.1 Å². The summed E-state index contributed by atoms with van der Waals surface area (Å²) in [6, 6.07) is 4.59. The zero-order valence-electron chi connectivity index (χ0n) is 9.07. The predicted octanol–water partition coefficient (Wildman–Crippen LogP) is 2.90. The Morgan fingerprint density at radius 1 is 1.47 bits per heavy atom. The standard InChI is InChI=1S/C11H11Br2NO2S/c1-3-4-8(2)14-17(15,16)11-6-5-9(12)7-10(11)13/h1,5-8,14H,4H2,2H3. The summed E-state index contributed by atoms with van der Waals surface area (Å²) in [5, 5.41) is 0. The van der Waals surface area contributed by atoms with Crippen molar-refractivity contribution < 1.29 is 8.42 Å². The lowest BCUT2D eigenvalue weighted by atomic mass is 10.3.